The Morgan fingerprint density at radius 1 is 1.27 bits per heavy atom. The van der Waals surface area contributed by atoms with Gasteiger partial charge in [-0.3, -0.25) is 15.0 Å². The van der Waals surface area contributed by atoms with Crippen molar-refractivity contribution in [2.24, 2.45) is 0 Å². The van der Waals surface area contributed by atoms with Crippen molar-refractivity contribution in [1.82, 2.24) is 14.8 Å². The summed E-state index contributed by atoms with van der Waals surface area (Å²) in [7, 11) is -1.72. The SMILES string of the molecule is O=C(NO)c1c(F)cccc1S(=O)N1CCC(Oc2ccncc2)CC1. The third kappa shape index (κ3) is 4.06. The van der Waals surface area contributed by atoms with E-state index in [1.54, 1.807) is 28.8 Å². The Hall–Kier alpha value is -2.36. The molecule has 0 aliphatic carbocycles. The highest BCUT2D eigenvalue weighted by atomic mass is 32.2. The number of carbonyl (C=O) groups is 1. The zero-order chi connectivity index (χ0) is 18.5. The van der Waals surface area contributed by atoms with Crippen LogP contribution in [0.1, 0.15) is 23.2 Å². The van der Waals surface area contributed by atoms with Gasteiger partial charge in [0.15, 0.2) is 0 Å². The topological polar surface area (TPSA) is 91.8 Å². The quantitative estimate of drug-likeness (QED) is 0.612. The van der Waals surface area contributed by atoms with Crippen molar-refractivity contribution < 1.29 is 23.3 Å². The van der Waals surface area contributed by atoms with Gasteiger partial charge in [0, 0.05) is 25.5 Å². The summed E-state index contributed by atoms with van der Waals surface area (Å²) >= 11 is 0. The third-order valence-electron chi connectivity index (χ3n) is 4.08. The summed E-state index contributed by atoms with van der Waals surface area (Å²) in [6.07, 6.45) is 4.57. The summed E-state index contributed by atoms with van der Waals surface area (Å²) in [5.74, 6) is -1.13. The normalized spacial score (nSPS) is 16.8. The first-order valence-electron chi connectivity index (χ1n) is 8.06. The molecule has 1 aliphatic heterocycles. The molecule has 7 nitrogen and oxygen atoms in total. The molecule has 0 radical (unpaired) electrons. The van der Waals surface area contributed by atoms with E-state index in [9.17, 15) is 13.4 Å². The molecular weight excluding hydrogens is 361 g/mol. The fraction of sp³-hybridized carbons (Fsp3) is 0.294. The van der Waals surface area contributed by atoms with Crippen molar-refractivity contribution in [3.8, 4) is 5.75 Å². The number of aromatic nitrogens is 1. The fourth-order valence-corrected chi connectivity index (χ4v) is 4.17. The van der Waals surface area contributed by atoms with Crippen molar-refractivity contribution in [2.45, 2.75) is 23.8 Å². The van der Waals surface area contributed by atoms with Crippen LogP contribution < -0.4 is 10.2 Å². The molecule has 26 heavy (non-hydrogen) atoms. The smallest absolute Gasteiger partial charge is 0.278 e. The molecule has 1 saturated heterocycles. The highest BCUT2D eigenvalue weighted by Crippen LogP contribution is 2.24. The molecule has 1 atom stereocenters. The van der Waals surface area contributed by atoms with E-state index in [4.69, 9.17) is 9.94 Å². The molecule has 9 heteroatoms. The first kappa shape index (κ1) is 18.4. The highest BCUT2D eigenvalue weighted by Gasteiger charge is 2.28. The van der Waals surface area contributed by atoms with E-state index in [1.165, 1.54) is 17.6 Å². The lowest BCUT2D eigenvalue weighted by Gasteiger charge is -2.31. The number of pyridine rings is 1. The molecule has 0 bridgehead atoms. The number of hydroxylamine groups is 1. The fourth-order valence-electron chi connectivity index (χ4n) is 2.79. The number of hydrogen-bond acceptors (Lipinski definition) is 5. The first-order chi connectivity index (χ1) is 12.6. The van der Waals surface area contributed by atoms with Gasteiger partial charge in [-0.1, -0.05) is 6.07 Å². The summed E-state index contributed by atoms with van der Waals surface area (Å²) < 4.78 is 34.3. The molecule has 1 fully saturated rings. The minimum Gasteiger partial charge on any atom is -0.490 e. The summed E-state index contributed by atoms with van der Waals surface area (Å²) in [4.78, 5) is 15.7. The van der Waals surface area contributed by atoms with Crippen LogP contribution in [0, 0.1) is 5.82 Å². The minimum atomic E-state index is -1.72. The number of rotatable bonds is 5. The van der Waals surface area contributed by atoms with Crippen LogP contribution in [0.15, 0.2) is 47.6 Å². The van der Waals surface area contributed by atoms with Crippen LogP contribution in [0.25, 0.3) is 0 Å². The predicted molar refractivity (Wildman–Crippen MR) is 91.5 cm³/mol. The van der Waals surface area contributed by atoms with E-state index in [0.717, 1.165) is 11.8 Å². The Kier molecular flexibility index (Phi) is 5.92. The first-order valence-corrected chi connectivity index (χ1v) is 9.17. The van der Waals surface area contributed by atoms with Gasteiger partial charge in [-0.05, 0) is 37.1 Å². The lowest BCUT2D eigenvalue weighted by molar-refractivity contribution is 0.0697. The van der Waals surface area contributed by atoms with Gasteiger partial charge in [0.2, 0.25) is 0 Å². The van der Waals surface area contributed by atoms with Crippen LogP contribution in [-0.4, -0.2) is 43.8 Å². The lowest BCUT2D eigenvalue weighted by atomic mass is 10.1. The van der Waals surface area contributed by atoms with Crippen molar-refractivity contribution in [2.75, 3.05) is 13.1 Å². The molecule has 138 valence electrons. The van der Waals surface area contributed by atoms with Gasteiger partial charge < -0.3 is 4.74 Å². The molecule has 2 aromatic rings. The number of ether oxygens (including phenoxy) is 1. The Morgan fingerprint density at radius 3 is 2.62 bits per heavy atom. The van der Waals surface area contributed by atoms with Gasteiger partial charge in [0.05, 0.1) is 10.5 Å². The molecule has 0 saturated carbocycles. The van der Waals surface area contributed by atoms with Crippen LogP contribution in [0.5, 0.6) is 5.75 Å². The summed E-state index contributed by atoms with van der Waals surface area (Å²) in [5.41, 5.74) is 0.984. The van der Waals surface area contributed by atoms with Gasteiger partial charge in [0.1, 0.15) is 28.7 Å². The van der Waals surface area contributed by atoms with E-state index in [0.29, 0.717) is 25.9 Å². The summed E-state index contributed by atoms with van der Waals surface area (Å²) in [6.45, 7) is 0.943. The predicted octanol–water partition coefficient (Wildman–Crippen LogP) is 1.91. The van der Waals surface area contributed by atoms with E-state index in [2.05, 4.69) is 4.98 Å². The number of hydrogen-bond donors (Lipinski definition) is 2. The molecular formula is C17H18FN3O4S. The highest BCUT2D eigenvalue weighted by molar-refractivity contribution is 7.82. The molecule has 1 amide bonds. The van der Waals surface area contributed by atoms with E-state index in [-0.39, 0.29) is 11.0 Å². The zero-order valence-electron chi connectivity index (χ0n) is 13.8. The van der Waals surface area contributed by atoms with Gasteiger partial charge in [-0.25, -0.2) is 18.4 Å². The zero-order valence-corrected chi connectivity index (χ0v) is 14.6. The minimum absolute atomic E-state index is 0.0154. The van der Waals surface area contributed by atoms with Gasteiger partial charge >= 0.3 is 0 Å². The average Bonchev–Trinajstić information content (AvgIpc) is 2.68. The molecule has 2 heterocycles. The summed E-state index contributed by atoms with van der Waals surface area (Å²) in [6, 6.07) is 7.44. The Balaban J connectivity index is 1.68. The maximum absolute atomic E-state index is 14.0. The number of nitrogens with one attached hydrogen (secondary N) is 1. The summed E-state index contributed by atoms with van der Waals surface area (Å²) in [5, 5.41) is 8.80. The number of amides is 1. The number of piperidine rings is 1. The molecule has 1 unspecified atom stereocenters. The molecule has 1 aromatic carbocycles. The number of halogens is 1. The van der Waals surface area contributed by atoms with E-state index in [1.807, 2.05) is 0 Å². The largest absolute Gasteiger partial charge is 0.490 e. The third-order valence-corrected chi connectivity index (χ3v) is 5.63. The maximum atomic E-state index is 14.0. The molecule has 0 spiro atoms. The van der Waals surface area contributed by atoms with Crippen molar-refractivity contribution in [3.63, 3.8) is 0 Å². The molecule has 2 N–H and O–H groups in total. The van der Waals surface area contributed by atoms with Crippen LogP contribution >= 0.6 is 0 Å². The van der Waals surface area contributed by atoms with Crippen molar-refractivity contribution in [3.05, 3.63) is 54.1 Å². The van der Waals surface area contributed by atoms with Crippen LogP contribution in [0.2, 0.25) is 0 Å². The van der Waals surface area contributed by atoms with Crippen LogP contribution in [0.3, 0.4) is 0 Å². The molecule has 3 rings (SSSR count). The van der Waals surface area contributed by atoms with Gasteiger partial charge in [-0.2, -0.15) is 0 Å². The second-order valence-corrected chi connectivity index (χ2v) is 7.19. The van der Waals surface area contributed by atoms with Crippen molar-refractivity contribution >= 4 is 16.9 Å². The second kappa shape index (κ2) is 8.35. The number of nitrogens with zero attached hydrogens (tertiary/aromatic N) is 2. The maximum Gasteiger partial charge on any atom is 0.278 e. The van der Waals surface area contributed by atoms with Gasteiger partial charge in [0.25, 0.3) is 5.91 Å². The Morgan fingerprint density at radius 2 is 1.96 bits per heavy atom. The van der Waals surface area contributed by atoms with Crippen molar-refractivity contribution in [1.29, 1.82) is 0 Å². The standard InChI is InChI=1S/C17H18FN3O4S/c18-14-2-1-3-15(16(14)17(22)20-23)26(24)21-10-6-13(7-11-21)25-12-4-8-19-9-5-12/h1-5,8-9,13,23H,6-7,10-11H2,(H,20,22). The van der Waals surface area contributed by atoms with E-state index >= 15 is 0 Å². The molecule has 1 aliphatic rings. The molecule has 1 aromatic heterocycles. The van der Waals surface area contributed by atoms with E-state index < -0.39 is 28.3 Å². The second-order valence-electron chi connectivity index (χ2n) is 5.73. The lowest BCUT2D eigenvalue weighted by Crippen LogP contribution is -2.39. The average molecular weight is 379 g/mol. The van der Waals surface area contributed by atoms with Crippen LogP contribution in [0.4, 0.5) is 4.39 Å². The Labute approximate surface area is 152 Å². The monoisotopic (exact) mass is 379 g/mol. The van der Waals surface area contributed by atoms with Crippen LogP contribution in [-0.2, 0) is 11.0 Å². The number of carbonyl (C=O) groups excluding carboxylic acids is 1. The van der Waals surface area contributed by atoms with Gasteiger partial charge in [-0.15, -0.1) is 0 Å². The number of benzene rings is 1. The Bertz CT molecular complexity index is 798.